The topological polar surface area (TPSA) is 75.5 Å². The van der Waals surface area contributed by atoms with E-state index in [1.807, 2.05) is 7.05 Å². The quantitative estimate of drug-likeness (QED) is 0.642. The van der Waals surface area contributed by atoms with Crippen LogP contribution in [-0.4, -0.2) is 41.9 Å². The SMILES string of the molecule is CN(CCNC(=O)c1cc([N+](=O)[O-])cc(Cl)c1Cl)C1CC1. The number of nitro groups is 1. The van der Waals surface area contributed by atoms with Crippen molar-refractivity contribution in [3.8, 4) is 0 Å². The lowest BCUT2D eigenvalue weighted by atomic mass is 10.2. The second-order valence-electron chi connectivity index (χ2n) is 5.01. The molecule has 0 atom stereocenters. The molecule has 1 aliphatic carbocycles. The highest BCUT2D eigenvalue weighted by Crippen LogP contribution is 2.30. The van der Waals surface area contributed by atoms with E-state index in [0.717, 1.165) is 18.7 Å². The zero-order chi connectivity index (χ0) is 15.6. The summed E-state index contributed by atoms with van der Waals surface area (Å²) >= 11 is 11.8. The number of hydrogen-bond acceptors (Lipinski definition) is 4. The molecule has 0 heterocycles. The molecule has 2 rings (SSSR count). The lowest BCUT2D eigenvalue weighted by Gasteiger charge is -2.16. The lowest BCUT2D eigenvalue weighted by molar-refractivity contribution is -0.384. The molecule has 0 saturated heterocycles. The molecule has 8 heteroatoms. The number of carbonyl (C=O) groups excluding carboxylic acids is 1. The van der Waals surface area contributed by atoms with Gasteiger partial charge in [-0.05, 0) is 19.9 Å². The van der Waals surface area contributed by atoms with Crippen LogP contribution in [0.1, 0.15) is 23.2 Å². The Morgan fingerprint density at radius 3 is 2.71 bits per heavy atom. The highest BCUT2D eigenvalue weighted by Gasteiger charge is 2.25. The van der Waals surface area contributed by atoms with E-state index in [1.54, 1.807) is 0 Å². The highest BCUT2D eigenvalue weighted by atomic mass is 35.5. The first-order chi connectivity index (χ1) is 9.90. The molecule has 1 N–H and O–H groups in total. The summed E-state index contributed by atoms with van der Waals surface area (Å²) in [4.78, 5) is 24.4. The predicted octanol–water partition coefficient (Wildman–Crippen LogP) is 2.73. The Morgan fingerprint density at radius 2 is 2.14 bits per heavy atom. The van der Waals surface area contributed by atoms with E-state index < -0.39 is 10.8 Å². The first-order valence-electron chi connectivity index (χ1n) is 6.52. The van der Waals surface area contributed by atoms with Gasteiger partial charge < -0.3 is 10.2 Å². The van der Waals surface area contributed by atoms with Crippen LogP contribution in [0.15, 0.2) is 12.1 Å². The number of halogens is 2. The van der Waals surface area contributed by atoms with Gasteiger partial charge in [0.2, 0.25) is 0 Å². The molecule has 21 heavy (non-hydrogen) atoms. The molecular formula is C13H15Cl2N3O3. The number of hydrogen-bond donors (Lipinski definition) is 1. The van der Waals surface area contributed by atoms with Crippen molar-refractivity contribution < 1.29 is 9.72 Å². The molecule has 0 radical (unpaired) electrons. The van der Waals surface area contributed by atoms with Gasteiger partial charge in [-0.15, -0.1) is 0 Å². The molecule has 1 aromatic rings. The Hall–Kier alpha value is -1.37. The van der Waals surface area contributed by atoms with Gasteiger partial charge in [0.1, 0.15) is 0 Å². The first-order valence-corrected chi connectivity index (χ1v) is 7.27. The lowest BCUT2D eigenvalue weighted by Crippen LogP contribution is -2.34. The van der Waals surface area contributed by atoms with Crippen LogP contribution in [0.5, 0.6) is 0 Å². The van der Waals surface area contributed by atoms with E-state index in [-0.39, 0.29) is 21.3 Å². The Kier molecular flexibility index (Phi) is 5.03. The summed E-state index contributed by atoms with van der Waals surface area (Å²) in [5.74, 6) is -0.463. The van der Waals surface area contributed by atoms with Crippen molar-refractivity contribution in [2.45, 2.75) is 18.9 Å². The molecule has 1 aliphatic rings. The summed E-state index contributed by atoms with van der Waals surface area (Å²) in [6, 6.07) is 2.87. The van der Waals surface area contributed by atoms with E-state index in [4.69, 9.17) is 23.2 Å². The number of benzene rings is 1. The summed E-state index contributed by atoms with van der Waals surface area (Å²) in [6.45, 7) is 1.17. The van der Waals surface area contributed by atoms with Gasteiger partial charge in [-0.3, -0.25) is 14.9 Å². The number of rotatable bonds is 6. The molecular weight excluding hydrogens is 317 g/mol. The fraction of sp³-hybridized carbons (Fsp3) is 0.462. The van der Waals surface area contributed by atoms with Crippen molar-refractivity contribution in [1.82, 2.24) is 10.2 Å². The van der Waals surface area contributed by atoms with Gasteiger partial charge in [0.15, 0.2) is 0 Å². The number of likely N-dealkylation sites (N-methyl/N-ethyl adjacent to an activating group) is 1. The number of nitrogens with one attached hydrogen (secondary N) is 1. The number of amides is 1. The number of carbonyl (C=O) groups is 1. The molecule has 0 spiro atoms. The van der Waals surface area contributed by atoms with E-state index in [1.165, 1.54) is 12.8 Å². The van der Waals surface area contributed by atoms with Crippen LogP contribution in [0.25, 0.3) is 0 Å². The fourth-order valence-electron chi connectivity index (χ4n) is 1.98. The molecule has 0 unspecified atom stereocenters. The third-order valence-corrected chi connectivity index (χ3v) is 4.19. The molecule has 6 nitrogen and oxygen atoms in total. The van der Waals surface area contributed by atoms with Crippen molar-refractivity contribution >= 4 is 34.8 Å². The zero-order valence-electron chi connectivity index (χ0n) is 11.4. The summed E-state index contributed by atoms with van der Waals surface area (Å²) in [5.41, 5.74) is -0.241. The van der Waals surface area contributed by atoms with Crippen LogP contribution in [0.4, 0.5) is 5.69 Å². The summed E-state index contributed by atoms with van der Waals surface area (Å²) in [7, 11) is 2.00. The standard InChI is InChI=1S/C13H15Cl2N3O3/c1-17(8-2-3-8)5-4-16-13(19)10-6-9(18(20)21)7-11(14)12(10)15/h6-8H,2-5H2,1H3,(H,16,19). The van der Waals surface area contributed by atoms with Gasteiger partial charge in [0, 0.05) is 31.3 Å². The van der Waals surface area contributed by atoms with Gasteiger partial charge in [-0.25, -0.2) is 0 Å². The molecule has 0 aromatic heterocycles. The smallest absolute Gasteiger partial charge is 0.271 e. The van der Waals surface area contributed by atoms with Crippen LogP contribution < -0.4 is 5.32 Å². The minimum Gasteiger partial charge on any atom is -0.351 e. The molecule has 1 saturated carbocycles. The number of nitro benzene ring substituents is 1. The van der Waals surface area contributed by atoms with Crippen molar-refractivity contribution in [3.05, 3.63) is 37.9 Å². The number of non-ortho nitro benzene ring substituents is 1. The predicted molar refractivity (Wildman–Crippen MR) is 81.1 cm³/mol. The van der Waals surface area contributed by atoms with Crippen LogP contribution in [-0.2, 0) is 0 Å². The van der Waals surface area contributed by atoms with Gasteiger partial charge >= 0.3 is 0 Å². The summed E-state index contributed by atoms with van der Waals surface area (Å²) < 4.78 is 0. The van der Waals surface area contributed by atoms with Gasteiger partial charge in [-0.2, -0.15) is 0 Å². The summed E-state index contributed by atoms with van der Waals surface area (Å²) in [5, 5.41) is 13.5. The van der Waals surface area contributed by atoms with Crippen LogP contribution >= 0.6 is 23.2 Å². The van der Waals surface area contributed by atoms with E-state index >= 15 is 0 Å². The summed E-state index contributed by atoms with van der Waals surface area (Å²) in [6.07, 6.45) is 2.38. The Bertz CT molecular complexity index is 576. The monoisotopic (exact) mass is 331 g/mol. The Labute approximate surface area is 132 Å². The Balaban J connectivity index is 2.02. The average molecular weight is 332 g/mol. The van der Waals surface area contributed by atoms with Gasteiger partial charge in [0.25, 0.3) is 11.6 Å². The largest absolute Gasteiger partial charge is 0.351 e. The average Bonchev–Trinajstić information content (AvgIpc) is 3.25. The molecule has 1 amide bonds. The highest BCUT2D eigenvalue weighted by molar-refractivity contribution is 6.44. The van der Waals surface area contributed by atoms with Gasteiger partial charge in [0.05, 0.1) is 20.5 Å². The third-order valence-electron chi connectivity index (χ3n) is 3.39. The minimum atomic E-state index is -0.611. The second-order valence-corrected chi connectivity index (χ2v) is 5.80. The molecule has 1 fully saturated rings. The van der Waals surface area contributed by atoms with Gasteiger partial charge in [-0.1, -0.05) is 23.2 Å². The van der Waals surface area contributed by atoms with E-state index in [2.05, 4.69) is 10.2 Å². The maximum absolute atomic E-state index is 12.1. The van der Waals surface area contributed by atoms with Crippen LogP contribution in [0.3, 0.4) is 0 Å². The molecule has 0 bridgehead atoms. The molecule has 1 aromatic carbocycles. The van der Waals surface area contributed by atoms with Crippen molar-refractivity contribution in [1.29, 1.82) is 0 Å². The van der Waals surface area contributed by atoms with Crippen molar-refractivity contribution in [2.75, 3.05) is 20.1 Å². The maximum Gasteiger partial charge on any atom is 0.271 e. The van der Waals surface area contributed by atoms with E-state index in [0.29, 0.717) is 12.6 Å². The first kappa shape index (κ1) is 16.0. The maximum atomic E-state index is 12.1. The third kappa shape index (κ3) is 4.06. The van der Waals surface area contributed by atoms with Crippen LogP contribution in [0, 0.1) is 10.1 Å². The fourth-order valence-corrected chi connectivity index (χ4v) is 2.39. The second kappa shape index (κ2) is 6.60. The van der Waals surface area contributed by atoms with Crippen LogP contribution in [0.2, 0.25) is 10.0 Å². The molecule has 114 valence electrons. The zero-order valence-corrected chi connectivity index (χ0v) is 12.9. The number of nitrogens with zero attached hydrogens (tertiary/aromatic N) is 2. The normalized spacial score (nSPS) is 14.3. The minimum absolute atomic E-state index is 0.00823. The molecule has 0 aliphatic heterocycles. The van der Waals surface area contributed by atoms with Crippen molar-refractivity contribution in [2.24, 2.45) is 0 Å². The van der Waals surface area contributed by atoms with Crippen molar-refractivity contribution in [3.63, 3.8) is 0 Å². The Morgan fingerprint density at radius 1 is 1.48 bits per heavy atom. The van der Waals surface area contributed by atoms with E-state index in [9.17, 15) is 14.9 Å².